The van der Waals surface area contributed by atoms with E-state index in [-0.39, 0.29) is 4.90 Å². The average molecular weight is 171 g/mol. The maximum Gasteiger partial charge on any atom is 0.297 e. The molecule has 4 heteroatoms. The van der Waals surface area contributed by atoms with Gasteiger partial charge in [0.15, 0.2) is 0 Å². The Hall–Kier alpha value is -0.870. The zero-order valence-electron chi connectivity index (χ0n) is 5.94. The summed E-state index contributed by atoms with van der Waals surface area (Å²) in [5.74, 6) is 0. The second kappa shape index (κ2) is 3.02. The molecular weight excluding hydrogens is 164 g/mol. The number of benzene rings is 1. The molecule has 1 rings (SSSR count). The lowest BCUT2D eigenvalue weighted by Gasteiger charge is -1.97. The van der Waals surface area contributed by atoms with Crippen LogP contribution in [0.2, 0.25) is 0 Å². The molecule has 1 aromatic rings. The highest BCUT2D eigenvalue weighted by Crippen LogP contribution is 2.08. The summed E-state index contributed by atoms with van der Waals surface area (Å²) in [7, 11) is -2.43. The van der Waals surface area contributed by atoms with E-state index in [2.05, 4.69) is 10.2 Å². The van der Waals surface area contributed by atoms with Crippen molar-refractivity contribution in [1.82, 2.24) is 0 Å². The standard InChI is InChI=1S/C7H7O3S/c1-10-11(8,9)7-5-3-2-4-6-7/h2-5H,1H3. The quantitative estimate of drug-likeness (QED) is 0.619. The van der Waals surface area contributed by atoms with Crippen LogP contribution < -0.4 is 0 Å². The van der Waals surface area contributed by atoms with Crippen LogP contribution in [0.3, 0.4) is 0 Å². The van der Waals surface area contributed by atoms with E-state index in [0.717, 1.165) is 7.11 Å². The van der Waals surface area contributed by atoms with Gasteiger partial charge in [-0.1, -0.05) is 18.2 Å². The molecule has 0 atom stereocenters. The molecule has 11 heavy (non-hydrogen) atoms. The first-order valence-corrected chi connectivity index (χ1v) is 4.35. The fraction of sp³-hybridized carbons (Fsp3) is 0.143. The summed E-state index contributed by atoms with van der Waals surface area (Å²) in [5, 5.41) is 0. The van der Waals surface area contributed by atoms with Gasteiger partial charge in [-0.25, -0.2) is 0 Å². The molecule has 0 amide bonds. The normalized spacial score (nSPS) is 11.4. The Morgan fingerprint density at radius 1 is 1.45 bits per heavy atom. The molecule has 59 valence electrons. The van der Waals surface area contributed by atoms with Gasteiger partial charge in [-0.2, -0.15) is 8.42 Å². The Labute approximate surface area is 65.7 Å². The van der Waals surface area contributed by atoms with Crippen molar-refractivity contribution in [2.24, 2.45) is 0 Å². The van der Waals surface area contributed by atoms with E-state index in [1.165, 1.54) is 12.1 Å². The second-order valence-corrected chi connectivity index (χ2v) is 3.53. The summed E-state index contributed by atoms with van der Waals surface area (Å²) in [6.07, 6.45) is 0. The maximum absolute atomic E-state index is 10.9. The van der Waals surface area contributed by atoms with Crippen molar-refractivity contribution in [3.63, 3.8) is 0 Å². The van der Waals surface area contributed by atoms with Crippen LogP contribution in [-0.4, -0.2) is 15.5 Å². The third kappa shape index (κ3) is 1.78. The van der Waals surface area contributed by atoms with Crippen LogP contribution >= 0.6 is 0 Å². The molecule has 0 aliphatic rings. The molecule has 3 nitrogen and oxygen atoms in total. The highest BCUT2D eigenvalue weighted by molar-refractivity contribution is 7.86. The topological polar surface area (TPSA) is 43.4 Å². The van der Waals surface area contributed by atoms with Gasteiger partial charge in [0.05, 0.1) is 7.11 Å². The molecular formula is C7H7O3S. The van der Waals surface area contributed by atoms with Crippen molar-refractivity contribution in [3.8, 4) is 0 Å². The maximum atomic E-state index is 10.9. The van der Waals surface area contributed by atoms with Gasteiger partial charge in [0.1, 0.15) is 4.90 Å². The number of hydrogen-bond donors (Lipinski definition) is 0. The van der Waals surface area contributed by atoms with Crippen LogP contribution in [0.15, 0.2) is 29.2 Å². The van der Waals surface area contributed by atoms with E-state index in [0.29, 0.717) is 0 Å². The summed E-state index contributed by atoms with van der Waals surface area (Å²) in [6.45, 7) is 0. The van der Waals surface area contributed by atoms with Gasteiger partial charge >= 0.3 is 0 Å². The van der Waals surface area contributed by atoms with Crippen LogP contribution in [-0.2, 0) is 14.3 Å². The Morgan fingerprint density at radius 2 is 2.18 bits per heavy atom. The van der Waals surface area contributed by atoms with Gasteiger partial charge in [0.25, 0.3) is 10.1 Å². The lowest BCUT2D eigenvalue weighted by Crippen LogP contribution is -2.01. The largest absolute Gasteiger partial charge is 0.297 e. The van der Waals surface area contributed by atoms with Crippen molar-refractivity contribution in [2.75, 3.05) is 7.11 Å². The molecule has 0 spiro atoms. The molecule has 0 aliphatic heterocycles. The lowest BCUT2D eigenvalue weighted by atomic mass is 10.4. The minimum Gasteiger partial charge on any atom is -0.270 e. The minimum atomic E-state index is -3.55. The fourth-order valence-electron chi connectivity index (χ4n) is 0.622. The van der Waals surface area contributed by atoms with Crippen LogP contribution in [0, 0.1) is 6.07 Å². The molecule has 0 heterocycles. The molecule has 0 unspecified atom stereocenters. The van der Waals surface area contributed by atoms with E-state index in [4.69, 9.17) is 0 Å². The van der Waals surface area contributed by atoms with Gasteiger partial charge in [0.2, 0.25) is 0 Å². The van der Waals surface area contributed by atoms with Gasteiger partial charge in [-0.15, -0.1) is 0 Å². The predicted octanol–water partition coefficient (Wildman–Crippen LogP) is 0.822. The van der Waals surface area contributed by atoms with Gasteiger partial charge in [-0.05, 0) is 6.07 Å². The molecule has 0 fully saturated rings. The minimum absolute atomic E-state index is 0.0579. The summed E-state index contributed by atoms with van der Waals surface area (Å²) >= 11 is 0. The lowest BCUT2D eigenvalue weighted by molar-refractivity contribution is 0.397. The van der Waals surface area contributed by atoms with Crippen molar-refractivity contribution in [2.45, 2.75) is 4.90 Å². The summed E-state index contributed by atoms with van der Waals surface area (Å²) in [5.41, 5.74) is 0. The zero-order chi connectivity index (χ0) is 8.32. The third-order valence-corrected chi connectivity index (χ3v) is 2.40. The first kappa shape index (κ1) is 8.23. The van der Waals surface area contributed by atoms with E-state index >= 15 is 0 Å². The Balaban J connectivity index is 3.14. The molecule has 0 aromatic heterocycles. The average Bonchev–Trinajstić information content (AvgIpc) is 2.06. The first-order valence-electron chi connectivity index (χ1n) is 2.94. The number of rotatable bonds is 2. The van der Waals surface area contributed by atoms with Crippen molar-refractivity contribution < 1.29 is 12.6 Å². The molecule has 0 bridgehead atoms. The summed E-state index contributed by atoms with van der Waals surface area (Å²) in [6, 6.07) is 8.80. The molecule has 1 radical (unpaired) electrons. The van der Waals surface area contributed by atoms with Crippen molar-refractivity contribution in [3.05, 3.63) is 30.3 Å². The highest BCUT2D eigenvalue weighted by Gasteiger charge is 2.10. The SMILES string of the molecule is COS(=O)(=O)c1[c]cccc1. The van der Waals surface area contributed by atoms with E-state index in [1.807, 2.05) is 0 Å². The van der Waals surface area contributed by atoms with Crippen molar-refractivity contribution >= 4 is 10.1 Å². The molecule has 0 saturated heterocycles. The predicted molar refractivity (Wildman–Crippen MR) is 39.5 cm³/mol. The van der Waals surface area contributed by atoms with E-state index < -0.39 is 10.1 Å². The van der Waals surface area contributed by atoms with Gasteiger partial charge in [-0.3, -0.25) is 4.18 Å². The van der Waals surface area contributed by atoms with Crippen molar-refractivity contribution in [1.29, 1.82) is 0 Å². The van der Waals surface area contributed by atoms with Gasteiger partial charge < -0.3 is 0 Å². The second-order valence-electron chi connectivity index (χ2n) is 1.85. The summed E-state index contributed by atoms with van der Waals surface area (Å²) < 4.78 is 26.2. The van der Waals surface area contributed by atoms with Crippen LogP contribution in [0.1, 0.15) is 0 Å². The zero-order valence-corrected chi connectivity index (χ0v) is 6.76. The molecule has 0 saturated carbocycles. The highest BCUT2D eigenvalue weighted by atomic mass is 32.2. The summed E-state index contributed by atoms with van der Waals surface area (Å²) in [4.78, 5) is 0.0579. The fourth-order valence-corrected chi connectivity index (χ4v) is 1.26. The molecule has 0 N–H and O–H groups in total. The number of hydrogen-bond acceptors (Lipinski definition) is 3. The van der Waals surface area contributed by atoms with Crippen LogP contribution in [0.25, 0.3) is 0 Å². The smallest absolute Gasteiger partial charge is 0.270 e. The van der Waals surface area contributed by atoms with E-state index in [1.54, 1.807) is 12.1 Å². The third-order valence-electron chi connectivity index (χ3n) is 1.17. The Morgan fingerprint density at radius 3 is 2.64 bits per heavy atom. The van der Waals surface area contributed by atoms with Gasteiger partial charge in [0, 0.05) is 6.07 Å². The monoisotopic (exact) mass is 171 g/mol. The molecule has 1 aromatic carbocycles. The molecule has 0 aliphatic carbocycles. The van der Waals surface area contributed by atoms with Crippen LogP contribution in [0.5, 0.6) is 0 Å². The Bertz CT molecular complexity index is 315. The van der Waals surface area contributed by atoms with E-state index in [9.17, 15) is 8.42 Å². The van der Waals surface area contributed by atoms with Crippen LogP contribution in [0.4, 0.5) is 0 Å². The Kier molecular flexibility index (Phi) is 2.26. The first-order chi connectivity index (χ1) is 5.17.